The van der Waals surface area contributed by atoms with Crippen molar-refractivity contribution in [1.82, 2.24) is 4.90 Å². The Bertz CT molecular complexity index is 562. The minimum absolute atomic E-state index is 0.0638. The Morgan fingerprint density at radius 1 is 1.24 bits per heavy atom. The average molecular weight is 291 g/mol. The molecular formula is C16H21NO4. The first-order chi connectivity index (χ1) is 9.71. The van der Waals surface area contributed by atoms with Crippen LogP contribution in [0.2, 0.25) is 0 Å². The molecule has 5 heteroatoms. The molecule has 1 amide bonds. The summed E-state index contributed by atoms with van der Waals surface area (Å²) >= 11 is 0. The number of hydrogen-bond donors (Lipinski definition) is 2. The number of rotatable bonds is 2. The molecule has 0 aliphatic carbocycles. The van der Waals surface area contributed by atoms with E-state index in [-0.39, 0.29) is 24.3 Å². The lowest BCUT2D eigenvalue weighted by molar-refractivity contribution is -0.141. The van der Waals surface area contributed by atoms with Gasteiger partial charge in [0.05, 0.1) is 6.10 Å². The number of carbonyl (C=O) groups is 2. The summed E-state index contributed by atoms with van der Waals surface area (Å²) in [7, 11) is 0. The molecular weight excluding hydrogens is 270 g/mol. The number of amides is 1. The van der Waals surface area contributed by atoms with Crippen molar-refractivity contribution in [3.63, 3.8) is 0 Å². The van der Waals surface area contributed by atoms with Gasteiger partial charge in [0.2, 0.25) is 0 Å². The van der Waals surface area contributed by atoms with Gasteiger partial charge in [0.1, 0.15) is 6.04 Å². The molecule has 2 atom stereocenters. The van der Waals surface area contributed by atoms with Gasteiger partial charge >= 0.3 is 5.97 Å². The SMILES string of the molecule is CC(C)(C)c1ccccc1C(=O)N1C[C@H](O)C[C@@H]1C(=O)O. The lowest BCUT2D eigenvalue weighted by Crippen LogP contribution is -2.41. The van der Waals surface area contributed by atoms with Gasteiger partial charge in [0, 0.05) is 18.5 Å². The highest BCUT2D eigenvalue weighted by Gasteiger charge is 2.40. The quantitative estimate of drug-likeness (QED) is 0.868. The summed E-state index contributed by atoms with van der Waals surface area (Å²) in [4.78, 5) is 25.3. The highest BCUT2D eigenvalue weighted by atomic mass is 16.4. The van der Waals surface area contributed by atoms with E-state index in [2.05, 4.69) is 0 Å². The lowest BCUT2D eigenvalue weighted by Gasteiger charge is -2.26. The van der Waals surface area contributed by atoms with Gasteiger partial charge in [-0.2, -0.15) is 0 Å². The number of carbonyl (C=O) groups excluding carboxylic acids is 1. The number of aliphatic hydroxyl groups excluding tert-OH is 1. The molecule has 0 saturated carbocycles. The van der Waals surface area contributed by atoms with Gasteiger partial charge in [-0.1, -0.05) is 39.0 Å². The zero-order chi connectivity index (χ0) is 15.8. The Labute approximate surface area is 124 Å². The molecule has 1 aliphatic rings. The van der Waals surface area contributed by atoms with E-state index in [1.165, 1.54) is 4.90 Å². The van der Waals surface area contributed by atoms with Crippen LogP contribution in [0.25, 0.3) is 0 Å². The molecule has 2 N–H and O–H groups in total. The molecule has 1 saturated heterocycles. The van der Waals surface area contributed by atoms with Crippen LogP contribution in [-0.4, -0.2) is 45.7 Å². The van der Waals surface area contributed by atoms with Gasteiger partial charge < -0.3 is 15.1 Å². The lowest BCUT2D eigenvalue weighted by atomic mass is 9.83. The van der Waals surface area contributed by atoms with Crippen molar-refractivity contribution in [2.75, 3.05) is 6.54 Å². The number of aliphatic carboxylic acids is 1. The molecule has 0 bridgehead atoms. The third kappa shape index (κ3) is 3.08. The maximum atomic E-state index is 12.7. The predicted octanol–water partition coefficient (Wildman–Crippen LogP) is 1.64. The monoisotopic (exact) mass is 291 g/mol. The molecule has 0 radical (unpaired) electrons. The van der Waals surface area contributed by atoms with E-state index in [1.807, 2.05) is 32.9 Å². The smallest absolute Gasteiger partial charge is 0.326 e. The maximum Gasteiger partial charge on any atom is 0.326 e. The zero-order valence-corrected chi connectivity index (χ0v) is 12.5. The fourth-order valence-electron chi connectivity index (χ4n) is 2.75. The number of carboxylic acids is 1. The second-order valence-corrected chi connectivity index (χ2v) is 6.50. The van der Waals surface area contributed by atoms with Crippen molar-refractivity contribution in [1.29, 1.82) is 0 Å². The van der Waals surface area contributed by atoms with Crippen LogP contribution >= 0.6 is 0 Å². The van der Waals surface area contributed by atoms with E-state index in [1.54, 1.807) is 12.1 Å². The molecule has 114 valence electrons. The Morgan fingerprint density at radius 2 is 1.86 bits per heavy atom. The first-order valence-electron chi connectivity index (χ1n) is 7.03. The number of benzene rings is 1. The zero-order valence-electron chi connectivity index (χ0n) is 12.5. The van der Waals surface area contributed by atoms with Gasteiger partial charge in [0.25, 0.3) is 5.91 Å². The molecule has 2 rings (SSSR count). The number of hydrogen-bond acceptors (Lipinski definition) is 3. The fourth-order valence-corrected chi connectivity index (χ4v) is 2.75. The van der Waals surface area contributed by atoms with E-state index < -0.39 is 18.1 Å². The Hall–Kier alpha value is -1.88. The summed E-state index contributed by atoms with van der Waals surface area (Å²) in [6.45, 7) is 6.08. The van der Waals surface area contributed by atoms with Crippen molar-refractivity contribution in [3.8, 4) is 0 Å². The predicted molar refractivity (Wildman–Crippen MR) is 78.2 cm³/mol. The van der Waals surface area contributed by atoms with E-state index in [4.69, 9.17) is 0 Å². The third-order valence-corrected chi connectivity index (χ3v) is 3.79. The molecule has 5 nitrogen and oxygen atoms in total. The maximum absolute atomic E-state index is 12.7. The summed E-state index contributed by atoms with van der Waals surface area (Å²) in [5.41, 5.74) is 1.16. The minimum atomic E-state index is -1.08. The van der Waals surface area contributed by atoms with Crippen molar-refractivity contribution < 1.29 is 19.8 Å². The Balaban J connectivity index is 2.39. The molecule has 0 spiro atoms. The molecule has 0 unspecified atom stereocenters. The van der Waals surface area contributed by atoms with Crippen LogP contribution in [0.1, 0.15) is 43.1 Å². The van der Waals surface area contributed by atoms with Gasteiger partial charge in [-0.15, -0.1) is 0 Å². The topological polar surface area (TPSA) is 77.8 Å². The van der Waals surface area contributed by atoms with Crippen molar-refractivity contribution in [2.24, 2.45) is 0 Å². The Morgan fingerprint density at radius 3 is 2.43 bits per heavy atom. The standard InChI is InChI=1S/C16H21NO4/c1-16(2,3)12-7-5-4-6-11(12)14(19)17-9-10(18)8-13(17)15(20)21/h4-7,10,13,18H,8-9H2,1-3H3,(H,20,21)/t10-,13-/m1/s1. The Kier molecular flexibility index (Phi) is 4.05. The van der Waals surface area contributed by atoms with Crippen LogP contribution in [0.5, 0.6) is 0 Å². The second-order valence-electron chi connectivity index (χ2n) is 6.50. The van der Waals surface area contributed by atoms with Gasteiger partial charge in [-0.05, 0) is 17.0 Å². The number of β-amino-alcohol motifs (C(OH)–C–C–N with tert-alkyl or cyclic N) is 1. The van der Waals surface area contributed by atoms with Crippen LogP contribution in [0.3, 0.4) is 0 Å². The first kappa shape index (κ1) is 15.5. The van der Waals surface area contributed by atoms with Crippen LogP contribution in [-0.2, 0) is 10.2 Å². The molecule has 21 heavy (non-hydrogen) atoms. The van der Waals surface area contributed by atoms with Gasteiger partial charge in [-0.3, -0.25) is 4.79 Å². The third-order valence-electron chi connectivity index (χ3n) is 3.79. The summed E-state index contributed by atoms with van der Waals surface area (Å²) < 4.78 is 0. The molecule has 1 aromatic carbocycles. The van der Waals surface area contributed by atoms with Crippen LogP contribution in [0, 0.1) is 0 Å². The number of likely N-dealkylation sites (tertiary alicyclic amines) is 1. The van der Waals surface area contributed by atoms with E-state index >= 15 is 0 Å². The van der Waals surface area contributed by atoms with Crippen molar-refractivity contribution in [2.45, 2.75) is 44.8 Å². The average Bonchev–Trinajstić information content (AvgIpc) is 2.79. The molecule has 0 aromatic heterocycles. The number of aliphatic hydroxyl groups is 1. The molecule has 1 aliphatic heterocycles. The summed E-state index contributed by atoms with van der Waals surface area (Å²) in [5.74, 6) is -1.40. The van der Waals surface area contributed by atoms with Crippen molar-refractivity contribution in [3.05, 3.63) is 35.4 Å². The largest absolute Gasteiger partial charge is 0.480 e. The van der Waals surface area contributed by atoms with Crippen LogP contribution < -0.4 is 0 Å². The van der Waals surface area contributed by atoms with E-state index in [0.29, 0.717) is 5.56 Å². The summed E-state index contributed by atoms with van der Waals surface area (Å²) in [6, 6.07) is 6.28. The van der Waals surface area contributed by atoms with E-state index in [9.17, 15) is 19.8 Å². The van der Waals surface area contributed by atoms with Gasteiger partial charge in [0.15, 0.2) is 0 Å². The number of nitrogens with zero attached hydrogens (tertiary/aromatic N) is 1. The normalized spacial score (nSPS) is 22.4. The van der Waals surface area contributed by atoms with Gasteiger partial charge in [-0.25, -0.2) is 4.79 Å². The number of carboxylic acid groups (broad SMARTS) is 1. The van der Waals surface area contributed by atoms with Crippen LogP contribution in [0.15, 0.2) is 24.3 Å². The summed E-state index contributed by atoms with van der Waals surface area (Å²) in [5, 5.41) is 18.9. The van der Waals surface area contributed by atoms with E-state index in [0.717, 1.165) is 5.56 Å². The summed E-state index contributed by atoms with van der Waals surface area (Å²) in [6.07, 6.45) is -0.699. The minimum Gasteiger partial charge on any atom is -0.480 e. The van der Waals surface area contributed by atoms with Crippen molar-refractivity contribution >= 4 is 11.9 Å². The molecule has 1 fully saturated rings. The fraction of sp³-hybridized carbons (Fsp3) is 0.500. The molecule has 1 heterocycles. The highest BCUT2D eigenvalue weighted by Crippen LogP contribution is 2.29. The van der Waals surface area contributed by atoms with Crippen LogP contribution in [0.4, 0.5) is 0 Å². The molecule has 1 aromatic rings. The first-order valence-corrected chi connectivity index (χ1v) is 7.03. The highest BCUT2D eigenvalue weighted by molar-refractivity contribution is 5.98. The second kappa shape index (κ2) is 5.48.